The largest absolute Gasteiger partial charge is 0.380 e. The van der Waals surface area contributed by atoms with E-state index in [2.05, 4.69) is 0 Å². The number of ether oxygens (including phenoxy) is 1. The second-order valence-corrected chi connectivity index (χ2v) is 4.62. The fraction of sp³-hybridized carbons (Fsp3) is 0.818. The monoisotopic (exact) mass is 233 g/mol. The van der Waals surface area contributed by atoms with E-state index in [-0.39, 0.29) is 42.3 Å². The molecule has 0 aromatic heterocycles. The summed E-state index contributed by atoms with van der Waals surface area (Å²) in [6.45, 7) is 4.46. The third kappa shape index (κ3) is 3.60. The Kier molecular flexibility index (Phi) is 5.25. The summed E-state index contributed by atoms with van der Waals surface area (Å²) < 4.78 is 5.22. The average Bonchev–Trinajstić information content (AvgIpc) is 2.70. The van der Waals surface area contributed by atoms with Crippen LogP contribution in [0.1, 0.15) is 13.8 Å². The van der Waals surface area contributed by atoms with E-state index in [1.807, 2.05) is 0 Å². The highest BCUT2D eigenvalue weighted by molar-refractivity contribution is 6.20. The van der Waals surface area contributed by atoms with Crippen LogP contribution in [0, 0.1) is 5.92 Å². The molecule has 2 unspecified atom stereocenters. The van der Waals surface area contributed by atoms with Crippen molar-refractivity contribution >= 4 is 27.4 Å². The second kappa shape index (κ2) is 6.24. The molecule has 4 nitrogen and oxygen atoms in total. The van der Waals surface area contributed by atoms with Crippen molar-refractivity contribution < 1.29 is 14.3 Å². The summed E-state index contributed by atoms with van der Waals surface area (Å²) in [5.41, 5.74) is 0. The van der Waals surface area contributed by atoms with Crippen LogP contribution >= 0.6 is 0 Å². The van der Waals surface area contributed by atoms with Gasteiger partial charge < -0.3 is 9.64 Å². The topological polar surface area (TPSA) is 46.6 Å². The van der Waals surface area contributed by atoms with Gasteiger partial charge in [0.1, 0.15) is 0 Å². The van der Waals surface area contributed by atoms with Crippen molar-refractivity contribution in [3.8, 4) is 0 Å². The van der Waals surface area contributed by atoms with Crippen molar-refractivity contribution in [2.24, 2.45) is 5.92 Å². The first kappa shape index (κ1) is 14.3. The van der Waals surface area contributed by atoms with E-state index in [0.29, 0.717) is 13.2 Å². The molecule has 1 aliphatic rings. The molecule has 1 rings (SSSR count). The molecule has 1 fully saturated rings. The smallest absolute Gasteiger partial charge is 0.214 e. The fourth-order valence-corrected chi connectivity index (χ4v) is 1.74. The summed E-state index contributed by atoms with van der Waals surface area (Å²) in [5.74, 6) is -0.608. The van der Waals surface area contributed by atoms with E-state index >= 15 is 0 Å². The van der Waals surface area contributed by atoms with Crippen molar-refractivity contribution in [1.82, 2.24) is 4.90 Å². The van der Waals surface area contributed by atoms with Crippen molar-refractivity contribution in [3.63, 3.8) is 0 Å². The van der Waals surface area contributed by atoms with Gasteiger partial charge in [0, 0.05) is 12.5 Å². The Morgan fingerprint density at radius 3 is 2.47 bits per heavy atom. The maximum Gasteiger partial charge on any atom is 0.214 e. The molecule has 0 aliphatic carbocycles. The minimum Gasteiger partial charge on any atom is -0.380 e. The van der Waals surface area contributed by atoms with Crippen LogP contribution in [0.2, 0.25) is 12.1 Å². The third-order valence-corrected chi connectivity index (χ3v) is 2.96. The maximum atomic E-state index is 11.7. The highest BCUT2D eigenvalue weighted by atomic mass is 16.5. The minimum atomic E-state index is -0.259. The standard InChI is InChI=1S/C11H17B2NO3/c1-7(2)10(15)4-14(11(16)3-12)9-6-17-5-8(9)13/h7-9H,3-6H2,1-2H3. The predicted octanol–water partition coefficient (Wildman–Crippen LogP) is -0.0173. The lowest BCUT2D eigenvalue weighted by atomic mass is 9.82. The van der Waals surface area contributed by atoms with Crippen LogP contribution in [0.4, 0.5) is 0 Å². The van der Waals surface area contributed by atoms with Gasteiger partial charge in [-0.25, -0.2) is 0 Å². The van der Waals surface area contributed by atoms with Crippen LogP contribution in [0.15, 0.2) is 0 Å². The number of amides is 1. The van der Waals surface area contributed by atoms with E-state index in [9.17, 15) is 9.59 Å². The van der Waals surface area contributed by atoms with E-state index < -0.39 is 0 Å². The van der Waals surface area contributed by atoms with E-state index in [1.54, 1.807) is 13.8 Å². The molecular formula is C11H17B2NO3. The summed E-state index contributed by atoms with van der Waals surface area (Å²) in [5, 5.41) is 0. The molecular weight excluding hydrogens is 216 g/mol. The summed E-state index contributed by atoms with van der Waals surface area (Å²) >= 11 is 0. The molecule has 4 radical (unpaired) electrons. The minimum absolute atomic E-state index is 0.00546. The number of carbonyl (C=O) groups excluding carboxylic acids is 2. The molecule has 90 valence electrons. The SMILES string of the molecule is [B]CC(=O)N(CC(=O)C(C)C)C1COCC1[B]. The number of hydrogen-bond donors (Lipinski definition) is 0. The zero-order valence-electron chi connectivity index (χ0n) is 10.4. The van der Waals surface area contributed by atoms with Crippen LogP contribution in [-0.2, 0) is 14.3 Å². The maximum absolute atomic E-state index is 11.7. The number of ketones is 1. The zero-order valence-corrected chi connectivity index (χ0v) is 10.4. The molecule has 1 saturated heterocycles. The Balaban J connectivity index is 2.73. The lowest BCUT2D eigenvalue weighted by Gasteiger charge is -2.30. The second-order valence-electron chi connectivity index (χ2n) is 4.62. The van der Waals surface area contributed by atoms with Gasteiger partial charge in [0.2, 0.25) is 5.91 Å². The Morgan fingerprint density at radius 2 is 2.06 bits per heavy atom. The van der Waals surface area contributed by atoms with Gasteiger partial charge in [-0.2, -0.15) is 0 Å². The summed E-state index contributed by atoms with van der Waals surface area (Å²) in [6, 6.07) is -0.242. The number of carbonyl (C=O) groups is 2. The normalized spacial score (nSPS) is 23.9. The third-order valence-electron chi connectivity index (χ3n) is 2.96. The Labute approximate surface area is 105 Å². The van der Waals surface area contributed by atoms with E-state index in [0.717, 1.165) is 0 Å². The zero-order chi connectivity index (χ0) is 13.0. The van der Waals surface area contributed by atoms with Crippen molar-refractivity contribution in [2.45, 2.75) is 32.0 Å². The van der Waals surface area contributed by atoms with E-state index in [1.165, 1.54) is 4.90 Å². The molecule has 1 amide bonds. The van der Waals surface area contributed by atoms with Gasteiger partial charge in [-0.15, -0.1) is 0 Å². The van der Waals surface area contributed by atoms with Gasteiger partial charge in [0.25, 0.3) is 0 Å². The first-order valence-electron chi connectivity index (χ1n) is 5.83. The summed E-state index contributed by atoms with van der Waals surface area (Å²) in [6.07, 6.45) is -0.116. The summed E-state index contributed by atoms with van der Waals surface area (Å²) in [7, 11) is 11.2. The van der Waals surface area contributed by atoms with Crippen LogP contribution in [-0.4, -0.2) is 58.1 Å². The average molecular weight is 233 g/mol. The first-order chi connectivity index (χ1) is 7.97. The molecule has 0 aromatic carbocycles. The summed E-state index contributed by atoms with van der Waals surface area (Å²) in [4.78, 5) is 24.9. The van der Waals surface area contributed by atoms with Crippen LogP contribution < -0.4 is 0 Å². The van der Waals surface area contributed by atoms with Gasteiger partial charge in [0.05, 0.1) is 34.9 Å². The van der Waals surface area contributed by atoms with Crippen LogP contribution in [0.3, 0.4) is 0 Å². The molecule has 2 atom stereocenters. The molecule has 0 aromatic rings. The fourth-order valence-electron chi connectivity index (χ4n) is 1.74. The molecule has 0 bridgehead atoms. The molecule has 0 saturated carbocycles. The molecule has 6 heteroatoms. The molecule has 1 heterocycles. The molecule has 0 spiro atoms. The van der Waals surface area contributed by atoms with Crippen LogP contribution in [0.5, 0.6) is 0 Å². The van der Waals surface area contributed by atoms with Crippen molar-refractivity contribution in [2.75, 3.05) is 19.8 Å². The molecule has 1 aliphatic heterocycles. The predicted molar refractivity (Wildman–Crippen MR) is 66.2 cm³/mol. The first-order valence-corrected chi connectivity index (χ1v) is 5.83. The number of Topliss-reactive ketones (excluding diaryl/α,β-unsaturated/α-hetero) is 1. The Morgan fingerprint density at radius 1 is 1.41 bits per heavy atom. The highest BCUT2D eigenvalue weighted by Gasteiger charge is 2.33. The Bertz CT molecular complexity index is 296. The van der Waals surface area contributed by atoms with Gasteiger partial charge in [-0.3, -0.25) is 9.59 Å². The van der Waals surface area contributed by atoms with Gasteiger partial charge in [-0.1, -0.05) is 13.8 Å². The Hall–Kier alpha value is -0.770. The molecule has 0 N–H and O–H groups in total. The van der Waals surface area contributed by atoms with Gasteiger partial charge in [0.15, 0.2) is 5.78 Å². The lowest BCUT2D eigenvalue weighted by Crippen LogP contribution is -2.46. The van der Waals surface area contributed by atoms with Crippen molar-refractivity contribution in [1.29, 1.82) is 0 Å². The van der Waals surface area contributed by atoms with Crippen LogP contribution in [0.25, 0.3) is 0 Å². The quantitative estimate of drug-likeness (QED) is 0.627. The lowest BCUT2D eigenvalue weighted by molar-refractivity contribution is -0.136. The number of rotatable bonds is 5. The van der Waals surface area contributed by atoms with E-state index in [4.69, 9.17) is 20.4 Å². The number of nitrogens with zero attached hydrogens (tertiary/aromatic N) is 1. The number of hydrogen-bond acceptors (Lipinski definition) is 3. The van der Waals surface area contributed by atoms with Gasteiger partial charge in [-0.05, 0) is 12.1 Å². The molecule has 17 heavy (non-hydrogen) atoms. The highest BCUT2D eigenvalue weighted by Crippen LogP contribution is 2.22. The van der Waals surface area contributed by atoms with Crippen molar-refractivity contribution in [3.05, 3.63) is 0 Å². The van der Waals surface area contributed by atoms with Gasteiger partial charge >= 0.3 is 0 Å².